The monoisotopic (exact) mass is 360 g/mol. The molecule has 1 heterocycles. The smallest absolute Gasteiger partial charge is 0.311 e. The van der Waals surface area contributed by atoms with Gasteiger partial charge in [0.05, 0.1) is 15.8 Å². The van der Waals surface area contributed by atoms with Crippen molar-refractivity contribution >= 4 is 44.0 Å². The number of benzene rings is 2. The predicted octanol–water partition coefficient (Wildman–Crippen LogP) is 3.75. The highest BCUT2D eigenvalue weighted by atomic mass is 79.9. The molecule has 0 aliphatic heterocycles. The number of hydrogen-bond acceptors (Lipinski definition) is 6. The second kappa shape index (κ2) is 5.57. The van der Waals surface area contributed by atoms with Gasteiger partial charge in [0, 0.05) is 22.3 Å². The summed E-state index contributed by atoms with van der Waals surface area (Å²) < 4.78 is 0.888. The molecule has 0 atom stereocenters. The molecule has 8 heteroatoms. The van der Waals surface area contributed by atoms with Gasteiger partial charge in [-0.1, -0.05) is 22.0 Å². The van der Waals surface area contributed by atoms with E-state index in [-0.39, 0.29) is 5.69 Å². The van der Waals surface area contributed by atoms with Gasteiger partial charge in [-0.2, -0.15) is 0 Å². The van der Waals surface area contributed by atoms with E-state index in [4.69, 9.17) is 0 Å². The van der Waals surface area contributed by atoms with E-state index >= 15 is 0 Å². The summed E-state index contributed by atoms with van der Waals surface area (Å²) in [5.41, 5.74) is 0.792. The number of nitrogens with one attached hydrogen (secondary N) is 1. The maximum atomic E-state index is 11.0. The van der Waals surface area contributed by atoms with Crippen molar-refractivity contribution in [3.63, 3.8) is 0 Å². The van der Waals surface area contributed by atoms with Crippen molar-refractivity contribution < 1.29 is 10.0 Å². The zero-order valence-corrected chi connectivity index (χ0v) is 12.6. The highest BCUT2D eigenvalue weighted by Crippen LogP contribution is 2.33. The second-order valence-corrected chi connectivity index (χ2v) is 5.39. The molecule has 0 bridgehead atoms. The number of aromatic nitrogens is 2. The van der Waals surface area contributed by atoms with Crippen LogP contribution in [0.3, 0.4) is 0 Å². The number of halogens is 1. The molecule has 0 spiro atoms. The van der Waals surface area contributed by atoms with Crippen molar-refractivity contribution in [3.05, 3.63) is 57.3 Å². The lowest BCUT2D eigenvalue weighted by Crippen LogP contribution is -1.97. The zero-order chi connectivity index (χ0) is 15.7. The molecule has 7 nitrogen and oxygen atoms in total. The Morgan fingerprint density at radius 1 is 1.23 bits per heavy atom. The lowest BCUT2D eigenvalue weighted by atomic mass is 10.2. The quantitative estimate of drug-likeness (QED) is 0.544. The summed E-state index contributed by atoms with van der Waals surface area (Å²) in [4.78, 5) is 18.4. The molecule has 1 aromatic heterocycles. The molecule has 3 aromatic rings. The summed E-state index contributed by atoms with van der Waals surface area (Å²) in [6.07, 6.45) is 1.33. The van der Waals surface area contributed by atoms with Crippen LogP contribution in [0.4, 0.5) is 17.2 Å². The number of anilines is 2. The molecule has 0 aliphatic rings. The average Bonchev–Trinajstić information content (AvgIpc) is 2.46. The van der Waals surface area contributed by atoms with E-state index < -0.39 is 10.7 Å². The van der Waals surface area contributed by atoms with Gasteiger partial charge in [-0.3, -0.25) is 10.1 Å². The van der Waals surface area contributed by atoms with Crippen LogP contribution in [0.25, 0.3) is 10.9 Å². The summed E-state index contributed by atoms with van der Waals surface area (Å²) in [5.74, 6) is -0.00388. The Morgan fingerprint density at radius 2 is 2.05 bits per heavy atom. The van der Waals surface area contributed by atoms with Crippen LogP contribution in [0.1, 0.15) is 0 Å². The summed E-state index contributed by atoms with van der Waals surface area (Å²) >= 11 is 3.37. The first-order valence-electron chi connectivity index (χ1n) is 6.19. The number of phenols is 1. The van der Waals surface area contributed by atoms with E-state index in [1.54, 1.807) is 0 Å². The van der Waals surface area contributed by atoms with Crippen LogP contribution in [0.5, 0.6) is 5.75 Å². The van der Waals surface area contributed by atoms with Crippen molar-refractivity contribution in [1.29, 1.82) is 0 Å². The SMILES string of the molecule is O=[N+]([O-])c1cc2c(Nc3cccc(Br)c3)ncnc2cc1O. The molecular weight excluding hydrogens is 352 g/mol. The number of aromatic hydroxyl groups is 1. The third-order valence-electron chi connectivity index (χ3n) is 3.02. The minimum atomic E-state index is -0.648. The molecule has 110 valence electrons. The topological polar surface area (TPSA) is 101 Å². The second-order valence-electron chi connectivity index (χ2n) is 4.47. The van der Waals surface area contributed by atoms with E-state index in [9.17, 15) is 15.2 Å². The van der Waals surface area contributed by atoms with E-state index in [1.807, 2.05) is 24.3 Å². The normalized spacial score (nSPS) is 10.6. The van der Waals surface area contributed by atoms with Crippen LogP contribution >= 0.6 is 15.9 Å². The summed E-state index contributed by atoms with van der Waals surface area (Å²) in [6.45, 7) is 0. The largest absolute Gasteiger partial charge is 0.502 e. The first-order valence-corrected chi connectivity index (χ1v) is 6.98. The summed E-state index contributed by atoms with van der Waals surface area (Å²) in [5, 5.41) is 24.2. The molecule has 2 aromatic carbocycles. The number of rotatable bonds is 3. The fourth-order valence-electron chi connectivity index (χ4n) is 2.03. The fourth-order valence-corrected chi connectivity index (χ4v) is 2.43. The van der Waals surface area contributed by atoms with Gasteiger partial charge in [-0.25, -0.2) is 9.97 Å². The lowest BCUT2D eigenvalue weighted by molar-refractivity contribution is -0.385. The maximum Gasteiger partial charge on any atom is 0.311 e. The van der Waals surface area contributed by atoms with Crippen LogP contribution in [-0.4, -0.2) is 20.0 Å². The molecule has 2 N–H and O–H groups in total. The standard InChI is InChI=1S/C14H9BrN4O3/c15-8-2-1-3-9(4-8)18-14-10-5-12(19(21)22)13(20)6-11(10)16-7-17-14/h1-7,20H,(H,16,17,18). The van der Waals surface area contributed by atoms with Crippen LogP contribution < -0.4 is 5.32 Å². The van der Waals surface area contributed by atoms with Crippen molar-refractivity contribution in [2.24, 2.45) is 0 Å². The third kappa shape index (κ3) is 2.68. The summed E-state index contributed by atoms with van der Waals surface area (Å²) in [7, 11) is 0. The number of phenolic OH excluding ortho intramolecular Hbond substituents is 1. The molecule has 0 radical (unpaired) electrons. The fraction of sp³-hybridized carbons (Fsp3) is 0. The van der Waals surface area contributed by atoms with Crippen molar-refractivity contribution in [2.75, 3.05) is 5.32 Å². The Balaban J connectivity index is 2.13. The zero-order valence-electron chi connectivity index (χ0n) is 11.0. The molecule has 22 heavy (non-hydrogen) atoms. The van der Waals surface area contributed by atoms with E-state index in [0.29, 0.717) is 16.7 Å². The van der Waals surface area contributed by atoms with E-state index in [1.165, 1.54) is 18.5 Å². The third-order valence-corrected chi connectivity index (χ3v) is 3.51. The number of nitrogens with zero attached hydrogens (tertiary/aromatic N) is 3. The molecule has 0 saturated heterocycles. The first kappa shape index (κ1) is 14.2. The Kier molecular flexibility index (Phi) is 3.60. The van der Waals surface area contributed by atoms with E-state index in [2.05, 4.69) is 31.2 Å². The van der Waals surface area contributed by atoms with Crippen LogP contribution in [0.2, 0.25) is 0 Å². The maximum absolute atomic E-state index is 11.0. The Hall–Kier alpha value is -2.74. The molecule has 0 saturated carbocycles. The molecular formula is C14H9BrN4O3. The first-order chi connectivity index (χ1) is 10.5. The van der Waals surface area contributed by atoms with Gasteiger partial charge in [-0.05, 0) is 18.2 Å². The van der Waals surface area contributed by atoms with Crippen molar-refractivity contribution in [3.8, 4) is 5.75 Å². The minimum absolute atomic E-state index is 0.389. The van der Waals surface area contributed by atoms with Gasteiger partial charge < -0.3 is 10.4 Å². The van der Waals surface area contributed by atoms with E-state index in [0.717, 1.165) is 10.2 Å². The van der Waals surface area contributed by atoms with Gasteiger partial charge in [0.25, 0.3) is 0 Å². The van der Waals surface area contributed by atoms with Crippen LogP contribution in [-0.2, 0) is 0 Å². The van der Waals surface area contributed by atoms with Crippen molar-refractivity contribution in [2.45, 2.75) is 0 Å². The number of fused-ring (bicyclic) bond motifs is 1. The van der Waals surface area contributed by atoms with Gasteiger partial charge in [-0.15, -0.1) is 0 Å². The highest BCUT2D eigenvalue weighted by molar-refractivity contribution is 9.10. The molecule has 0 aliphatic carbocycles. The van der Waals surface area contributed by atoms with Crippen molar-refractivity contribution in [1.82, 2.24) is 9.97 Å². The van der Waals surface area contributed by atoms with Gasteiger partial charge in [0.2, 0.25) is 0 Å². The Labute approximate surface area is 132 Å². The molecule has 0 fully saturated rings. The number of nitro benzene ring substituents is 1. The lowest BCUT2D eigenvalue weighted by Gasteiger charge is -2.09. The van der Waals surface area contributed by atoms with Gasteiger partial charge in [0.1, 0.15) is 12.1 Å². The Morgan fingerprint density at radius 3 is 2.77 bits per heavy atom. The minimum Gasteiger partial charge on any atom is -0.502 e. The number of hydrogen-bond donors (Lipinski definition) is 2. The molecule has 3 rings (SSSR count). The molecule has 0 amide bonds. The molecule has 0 unspecified atom stereocenters. The van der Waals surface area contributed by atoms with Gasteiger partial charge >= 0.3 is 5.69 Å². The summed E-state index contributed by atoms with van der Waals surface area (Å²) in [6, 6.07) is 9.93. The Bertz CT molecular complexity index is 885. The van der Waals surface area contributed by atoms with Gasteiger partial charge in [0.15, 0.2) is 5.75 Å². The highest BCUT2D eigenvalue weighted by Gasteiger charge is 2.17. The predicted molar refractivity (Wildman–Crippen MR) is 85.3 cm³/mol. The van der Waals surface area contributed by atoms with Crippen LogP contribution in [0.15, 0.2) is 47.2 Å². The number of nitro groups is 1. The average molecular weight is 361 g/mol. The van der Waals surface area contributed by atoms with Crippen LogP contribution in [0, 0.1) is 10.1 Å².